The summed E-state index contributed by atoms with van der Waals surface area (Å²) in [6, 6.07) is 2.90. The van der Waals surface area contributed by atoms with Crippen LogP contribution in [0.5, 0.6) is 0 Å². The first kappa shape index (κ1) is 14.4. The first-order chi connectivity index (χ1) is 8.94. The lowest BCUT2D eigenvalue weighted by Gasteiger charge is -2.12. The van der Waals surface area contributed by atoms with Crippen LogP contribution in [0.2, 0.25) is 0 Å². The van der Waals surface area contributed by atoms with Gasteiger partial charge in [-0.25, -0.2) is 17.5 Å². The Bertz CT molecular complexity index is 568. The van der Waals surface area contributed by atoms with Crippen molar-refractivity contribution in [1.82, 2.24) is 10.0 Å². The van der Waals surface area contributed by atoms with E-state index in [-0.39, 0.29) is 10.5 Å². The van der Waals surface area contributed by atoms with Gasteiger partial charge in [0.1, 0.15) is 5.82 Å². The number of benzene rings is 1. The molecular weight excluding hydrogens is 267 g/mol. The molecule has 0 aromatic heterocycles. The number of rotatable bonds is 6. The van der Waals surface area contributed by atoms with Crippen LogP contribution in [0.4, 0.5) is 4.39 Å². The fourth-order valence-electron chi connectivity index (χ4n) is 1.92. The molecule has 0 saturated heterocycles. The molecule has 1 saturated carbocycles. The van der Waals surface area contributed by atoms with E-state index in [1.165, 1.54) is 19.1 Å². The van der Waals surface area contributed by atoms with E-state index in [9.17, 15) is 12.8 Å². The van der Waals surface area contributed by atoms with Gasteiger partial charge in [0, 0.05) is 18.7 Å². The number of nitrogens with one attached hydrogen (secondary N) is 2. The molecule has 0 unspecified atom stereocenters. The van der Waals surface area contributed by atoms with Gasteiger partial charge in [-0.05, 0) is 50.4 Å². The van der Waals surface area contributed by atoms with Crippen molar-refractivity contribution >= 4 is 10.0 Å². The van der Waals surface area contributed by atoms with E-state index in [2.05, 4.69) is 10.0 Å². The zero-order chi connectivity index (χ0) is 14.0. The minimum Gasteiger partial charge on any atom is -0.316 e. The van der Waals surface area contributed by atoms with E-state index in [0.717, 1.165) is 12.8 Å². The van der Waals surface area contributed by atoms with Crippen LogP contribution in [0.1, 0.15) is 24.0 Å². The van der Waals surface area contributed by atoms with E-state index in [0.29, 0.717) is 24.6 Å². The van der Waals surface area contributed by atoms with E-state index >= 15 is 0 Å². The summed E-state index contributed by atoms with van der Waals surface area (Å²) in [5, 5.41) is 2.89. The van der Waals surface area contributed by atoms with Crippen LogP contribution >= 0.6 is 0 Å². The molecule has 0 aliphatic heterocycles. The Hall–Kier alpha value is -0.980. The van der Waals surface area contributed by atoms with Gasteiger partial charge in [0.15, 0.2) is 0 Å². The highest BCUT2D eigenvalue weighted by molar-refractivity contribution is 7.89. The van der Waals surface area contributed by atoms with Crippen molar-refractivity contribution in [3.63, 3.8) is 0 Å². The summed E-state index contributed by atoms with van der Waals surface area (Å²) in [5.41, 5.74) is 0.792. The third kappa shape index (κ3) is 3.52. The average Bonchev–Trinajstić information content (AvgIpc) is 3.15. The molecule has 0 amide bonds. The molecule has 1 aromatic rings. The molecule has 106 valence electrons. The molecule has 1 aliphatic rings. The van der Waals surface area contributed by atoms with Gasteiger partial charge in [-0.15, -0.1) is 0 Å². The second-order valence-corrected chi connectivity index (χ2v) is 6.76. The van der Waals surface area contributed by atoms with Crippen molar-refractivity contribution in [1.29, 1.82) is 0 Å². The lowest BCUT2D eigenvalue weighted by molar-refractivity contribution is 0.570. The molecule has 1 aliphatic carbocycles. The maximum Gasteiger partial charge on any atom is 0.240 e. The van der Waals surface area contributed by atoms with Crippen LogP contribution in [0, 0.1) is 18.7 Å². The number of hydrogen-bond acceptors (Lipinski definition) is 3. The second-order valence-electron chi connectivity index (χ2n) is 5.03. The Kier molecular flexibility index (Phi) is 4.23. The van der Waals surface area contributed by atoms with Crippen LogP contribution < -0.4 is 10.0 Å². The maximum absolute atomic E-state index is 13.8. The summed E-state index contributed by atoms with van der Waals surface area (Å²) in [4.78, 5) is 0.0402. The van der Waals surface area contributed by atoms with Gasteiger partial charge in [-0.3, -0.25) is 0 Å². The third-order valence-electron chi connectivity index (χ3n) is 3.29. The smallest absolute Gasteiger partial charge is 0.240 e. The zero-order valence-electron chi connectivity index (χ0n) is 11.2. The third-order valence-corrected chi connectivity index (χ3v) is 4.84. The van der Waals surface area contributed by atoms with Crippen LogP contribution in [-0.4, -0.2) is 22.0 Å². The minimum atomic E-state index is -3.63. The van der Waals surface area contributed by atoms with Crippen molar-refractivity contribution in [2.45, 2.75) is 31.2 Å². The fourth-order valence-corrected chi connectivity index (χ4v) is 3.34. The molecule has 6 heteroatoms. The largest absolute Gasteiger partial charge is 0.316 e. The SMILES string of the molecule is CNCc1cc(F)c(C)c(S(=O)(=O)NCC2CC2)c1. The van der Waals surface area contributed by atoms with E-state index in [1.54, 1.807) is 7.05 Å². The number of hydrogen-bond donors (Lipinski definition) is 2. The molecular formula is C13H19FN2O2S. The molecule has 1 fully saturated rings. The quantitative estimate of drug-likeness (QED) is 0.834. The maximum atomic E-state index is 13.8. The second kappa shape index (κ2) is 5.56. The summed E-state index contributed by atoms with van der Waals surface area (Å²) in [6.07, 6.45) is 2.13. The molecule has 1 aromatic carbocycles. The molecule has 0 heterocycles. The van der Waals surface area contributed by atoms with Crippen molar-refractivity contribution in [3.05, 3.63) is 29.1 Å². The highest BCUT2D eigenvalue weighted by atomic mass is 32.2. The van der Waals surface area contributed by atoms with Crippen molar-refractivity contribution < 1.29 is 12.8 Å². The van der Waals surface area contributed by atoms with E-state index in [4.69, 9.17) is 0 Å². The normalized spacial score (nSPS) is 15.7. The van der Waals surface area contributed by atoms with Crippen LogP contribution in [0.15, 0.2) is 17.0 Å². The first-order valence-corrected chi connectivity index (χ1v) is 7.85. The summed E-state index contributed by atoms with van der Waals surface area (Å²) in [7, 11) is -1.89. The Balaban J connectivity index is 2.30. The molecule has 0 bridgehead atoms. The van der Waals surface area contributed by atoms with Crippen LogP contribution in [0.3, 0.4) is 0 Å². The topological polar surface area (TPSA) is 58.2 Å². The Morgan fingerprint density at radius 3 is 2.63 bits per heavy atom. The summed E-state index contributed by atoms with van der Waals surface area (Å²) >= 11 is 0. The predicted molar refractivity (Wildman–Crippen MR) is 71.8 cm³/mol. The summed E-state index contributed by atoms with van der Waals surface area (Å²) in [5.74, 6) is -0.0417. The zero-order valence-corrected chi connectivity index (χ0v) is 12.0. The fraction of sp³-hybridized carbons (Fsp3) is 0.538. The summed E-state index contributed by atoms with van der Waals surface area (Å²) < 4.78 is 40.7. The van der Waals surface area contributed by atoms with Crippen LogP contribution in [-0.2, 0) is 16.6 Å². The lowest BCUT2D eigenvalue weighted by Crippen LogP contribution is -2.27. The minimum absolute atomic E-state index is 0.0402. The number of halogens is 1. The van der Waals surface area contributed by atoms with Crippen LogP contribution in [0.25, 0.3) is 0 Å². The molecule has 0 radical (unpaired) electrons. The summed E-state index contributed by atoms with van der Waals surface area (Å²) in [6.45, 7) is 2.37. The van der Waals surface area contributed by atoms with Gasteiger partial charge in [0.05, 0.1) is 4.90 Å². The number of sulfonamides is 1. The van der Waals surface area contributed by atoms with Gasteiger partial charge < -0.3 is 5.32 Å². The average molecular weight is 286 g/mol. The Labute approximate surface area is 113 Å². The van der Waals surface area contributed by atoms with Crippen molar-refractivity contribution in [2.75, 3.05) is 13.6 Å². The molecule has 2 N–H and O–H groups in total. The van der Waals surface area contributed by atoms with Gasteiger partial charge in [-0.2, -0.15) is 0 Å². The van der Waals surface area contributed by atoms with Crippen molar-refractivity contribution in [2.24, 2.45) is 5.92 Å². The molecule has 4 nitrogen and oxygen atoms in total. The van der Waals surface area contributed by atoms with Crippen molar-refractivity contribution in [3.8, 4) is 0 Å². The molecule has 2 rings (SSSR count). The van der Waals surface area contributed by atoms with E-state index in [1.807, 2.05) is 0 Å². The Morgan fingerprint density at radius 1 is 1.37 bits per heavy atom. The highest BCUT2D eigenvalue weighted by Crippen LogP contribution is 2.28. The van der Waals surface area contributed by atoms with Gasteiger partial charge in [0.25, 0.3) is 0 Å². The van der Waals surface area contributed by atoms with Gasteiger partial charge >= 0.3 is 0 Å². The molecule has 0 atom stereocenters. The van der Waals surface area contributed by atoms with E-state index < -0.39 is 15.8 Å². The first-order valence-electron chi connectivity index (χ1n) is 6.37. The Morgan fingerprint density at radius 2 is 2.05 bits per heavy atom. The van der Waals surface area contributed by atoms with Gasteiger partial charge in [0.2, 0.25) is 10.0 Å². The monoisotopic (exact) mass is 286 g/mol. The standard InChI is InChI=1S/C13H19FN2O2S/c1-9-12(14)5-11(7-15-2)6-13(9)19(17,18)16-8-10-3-4-10/h5-6,10,15-16H,3-4,7-8H2,1-2H3. The predicted octanol–water partition coefficient (Wildman–Crippen LogP) is 1.54. The molecule has 19 heavy (non-hydrogen) atoms. The van der Waals surface area contributed by atoms with Gasteiger partial charge in [-0.1, -0.05) is 0 Å². The highest BCUT2D eigenvalue weighted by Gasteiger charge is 2.26. The lowest BCUT2D eigenvalue weighted by atomic mass is 10.1. The molecule has 0 spiro atoms.